The second-order valence-corrected chi connectivity index (χ2v) is 7.56. The minimum absolute atomic E-state index is 0.110. The molecule has 1 amide bonds. The monoisotopic (exact) mass is 386 g/mol. The third kappa shape index (κ3) is 3.70. The molecule has 148 valence electrons. The van der Waals surface area contributed by atoms with Gasteiger partial charge in [0.05, 0.1) is 0 Å². The standard InChI is InChI=1S/C21H24F2N4O/c1-13-24-18-8-3-2-5-15(18)20(25-13)27-11-9-14(10-12-27)26-21(28)19-16(22)6-4-7-17(19)23/h4,6-7,14H,2-3,5,8-12H2,1H3,(H,26,28). The molecule has 1 aliphatic carbocycles. The van der Waals surface area contributed by atoms with Gasteiger partial charge in [-0.05, 0) is 57.6 Å². The molecule has 7 heteroatoms. The molecule has 1 fully saturated rings. The summed E-state index contributed by atoms with van der Waals surface area (Å²) in [5.41, 5.74) is 1.91. The predicted octanol–water partition coefficient (Wildman–Crippen LogP) is 3.34. The van der Waals surface area contributed by atoms with Gasteiger partial charge in [0.2, 0.25) is 0 Å². The van der Waals surface area contributed by atoms with Gasteiger partial charge in [-0.25, -0.2) is 18.7 Å². The number of hydrogen-bond acceptors (Lipinski definition) is 4. The van der Waals surface area contributed by atoms with Gasteiger partial charge in [-0.3, -0.25) is 4.79 Å². The van der Waals surface area contributed by atoms with Crippen molar-refractivity contribution in [1.82, 2.24) is 15.3 Å². The first-order valence-corrected chi connectivity index (χ1v) is 9.89. The van der Waals surface area contributed by atoms with Gasteiger partial charge in [-0.1, -0.05) is 6.07 Å². The maximum atomic E-state index is 13.8. The number of nitrogens with zero attached hydrogens (tertiary/aromatic N) is 3. The predicted molar refractivity (Wildman–Crippen MR) is 102 cm³/mol. The van der Waals surface area contributed by atoms with Crippen LogP contribution in [0.4, 0.5) is 14.6 Å². The van der Waals surface area contributed by atoms with E-state index in [0.717, 1.165) is 56.1 Å². The van der Waals surface area contributed by atoms with E-state index in [0.29, 0.717) is 12.8 Å². The Morgan fingerprint density at radius 3 is 2.50 bits per heavy atom. The van der Waals surface area contributed by atoms with Gasteiger partial charge < -0.3 is 10.2 Å². The molecule has 0 bridgehead atoms. The summed E-state index contributed by atoms with van der Waals surface area (Å²) in [5, 5.41) is 2.78. The molecule has 0 spiro atoms. The van der Waals surface area contributed by atoms with Gasteiger partial charge in [0.1, 0.15) is 28.8 Å². The second kappa shape index (κ2) is 7.81. The number of piperidine rings is 1. The van der Waals surface area contributed by atoms with Crippen LogP contribution in [-0.4, -0.2) is 35.0 Å². The fourth-order valence-corrected chi connectivity index (χ4v) is 4.16. The second-order valence-electron chi connectivity index (χ2n) is 7.56. The Morgan fingerprint density at radius 2 is 1.79 bits per heavy atom. The van der Waals surface area contributed by atoms with Crippen LogP contribution in [0.3, 0.4) is 0 Å². The molecule has 1 saturated heterocycles. The Morgan fingerprint density at radius 1 is 1.11 bits per heavy atom. The quantitative estimate of drug-likeness (QED) is 0.879. The van der Waals surface area contributed by atoms with Crippen LogP contribution in [0.5, 0.6) is 0 Å². The van der Waals surface area contributed by atoms with Crippen LogP contribution in [0, 0.1) is 18.6 Å². The highest BCUT2D eigenvalue weighted by molar-refractivity contribution is 5.94. The Labute approximate surface area is 163 Å². The van der Waals surface area contributed by atoms with Crippen LogP contribution in [-0.2, 0) is 12.8 Å². The number of nitrogens with one attached hydrogen (secondary N) is 1. The number of carbonyl (C=O) groups excluding carboxylic acids is 1. The van der Waals surface area contributed by atoms with Gasteiger partial charge in [0, 0.05) is 30.4 Å². The van der Waals surface area contributed by atoms with Crippen molar-refractivity contribution in [3.63, 3.8) is 0 Å². The summed E-state index contributed by atoms with van der Waals surface area (Å²) >= 11 is 0. The van der Waals surface area contributed by atoms with Crippen molar-refractivity contribution in [2.75, 3.05) is 18.0 Å². The highest BCUT2D eigenvalue weighted by Crippen LogP contribution is 2.29. The summed E-state index contributed by atoms with van der Waals surface area (Å²) < 4.78 is 27.6. The summed E-state index contributed by atoms with van der Waals surface area (Å²) in [7, 11) is 0. The molecule has 2 heterocycles. The van der Waals surface area contributed by atoms with Crippen LogP contribution in [0.15, 0.2) is 18.2 Å². The number of fused-ring (bicyclic) bond motifs is 1. The van der Waals surface area contributed by atoms with E-state index >= 15 is 0 Å². The maximum Gasteiger partial charge on any atom is 0.257 e. The fraction of sp³-hybridized carbons (Fsp3) is 0.476. The summed E-state index contributed by atoms with van der Waals surface area (Å²) in [6, 6.07) is 3.34. The molecule has 2 aliphatic rings. The Balaban J connectivity index is 1.43. The van der Waals surface area contributed by atoms with E-state index in [1.807, 2.05) is 6.92 Å². The molecule has 4 rings (SSSR count). The molecule has 0 saturated carbocycles. The first-order valence-electron chi connectivity index (χ1n) is 9.89. The number of aryl methyl sites for hydroxylation is 2. The maximum absolute atomic E-state index is 13.8. The van der Waals surface area contributed by atoms with Crippen LogP contribution in [0.1, 0.15) is 53.1 Å². The third-order valence-electron chi connectivity index (χ3n) is 5.59. The minimum Gasteiger partial charge on any atom is -0.356 e. The zero-order valence-corrected chi connectivity index (χ0v) is 16.0. The SMILES string of the molecule is Cc1nc2c(c(N3CCC(NC(=O)c4c(F)cccc4F)CC3)n1)CCCC2. The fourth-order valence-electron chi connectivity index (χ4n) is 4.16. The molecule has 1 aromatic heterocycles. The largest absolute Gasteiger partial charge is 0.356 e. The lowest BCUT2D eigenvalue weighted by Crippen LogP contribution is -2.45. The van der Waals surface area contributed by atoms with E-state index < -0.39 is 23.1 Å². The van der Waals surface area contributed by atoms with E-state index in [1.165, 1.54) is 23.7 Å². The van der Waals surface area contributed by atoms with E-state index in [2.05, 4.69) is 15.2 Å². The topological polar surface area (TPSA) is 58.1 Å². The van der Waals surface area contributed by atoms with Gasteiger partial charge >= 0.3 is 0 Å². The summed E-state index contributed by atoms with van der Waals surface area (Å²) in [5.74, 6) is -0.548. The van der Waals surface area contributed by atoms with Crippen molar-refractivity contribution in [3.8, 4) is 0 Å². The first-order chi connectivity index (χ1) is 13.5. The van der Waals surface area contributed by atoms with E-state index in [1.54, 1.807) is 0 Å². The van der Waals surface area contributed by atoms with Crippen molar-refractivity contribution < 1.29 is 13.6 Å². The number of carbonyl (C=O) groups is 1. The van der Waals surface area contributed by atoms with Crippen LogP contribution >= 0.6 is 0 Å². The minimum atomic E-state index is -0.835. The Bertz CT molecular complexity index is 874. The summed E-state index contributed by atoms with van der Waals surface area (Å²) in [6.07, 6.45) is 5.76. The average Bonchev–Trinajstić information content (AvgIpc) is 2.68. The molecule has 0 radical (unpaired) electrons. The molecule has 1 N–H and O–H groups in total. The van der Waals surface area contributed by atoms with Crippen LogP contribution in [0.2, 0.25) is 0 Å². The average molecular weight is 386 g/mol. The number of aromatic nitrogens is 2. The lowest BCUT2D eigenvalue weighted by atomic mass is 9.95. The first kappa shape index (κ1) is 18.8. The van der Waals surface area contributed by atoms with Crippen LogP contribution < -0.4 is 10.2 Å². The van der Waals surface area contributed by atoms with Crippen molar-refractivity contribution in [2.24, 2.45) is 0 Å². The zero-order valence-electron chi connectivity index (χ0n) is 16.0. The number of rotatable bonds is 3. The van der Waals surface area contributed by atoms with Gasteiger partial charge in [0.15, 0.2) is 0 Å². The Hall–Kier alpha value is -2.57. The summed E-state index contributed by atoms with van der Waals surface area (Å²) in [4.78, 5) is 23.9. The lowest BCUT2D eigenvalue weighted by Gasteiger charge is -2.35. The highest BCUT2D eigenvalue weighted by atomic mass is 19.1. The van der Waals surface area contributed by atoms with E-state index in [9.17, 15) is 13.6 Å². The van der Waals surface area contributed by atoms with Crippen molar-refractivity contribution in [1.29, 1.82) is 0 Å². The summed E-state index contributed by atoms with van der Waals surface area (Å²) in [6.45, 7) is 3.41. The van der Waals surface area contributed by atoms with Crippen molar-refractivity contribution >= 4 is 11.7 Å². The number of anilines is 1. The number of hydrogen-bond donors (Lipinski definition) is 1. The zero-order chi connectivity index (χ0) is 19.7. The smallest absolute Gasteiger partial charge is 0.257 e. The number of benzene rings is 1. The number of amides is 1. The molecular weight excluding hydrogens is 362 g/mol. The molecule has 1 aromatic carbocycles. The van der Waals surface area contributed by atoms with Gasteiger partial charge in [-0.2, -0.15) is 0 Å². The lowest BCUT2D eigenvalue weighted by molar-refractivity contribution is 0.0922. The van der Waals surface area contributed by atoms with Crippen molar-refractivity contribution in [3.05, 3.63) is 52.5 Å². The molecule has 28 heavy (non-hydrogen) atoms. The third-order valence-corrected chi connectivity index (χ3v) is 5.59. The van der Waals surface area contributed by atoms with Gasteiger partial charge in [0.25, 0.3) is 5.91 Å². The van der Waals surface area contributed by atoms with Crippen molar-refractivity contribution in [2.45, 2.75) is 51.5 Å². The molecule has 5 nitrogen and oxygen atoms in total. The van der Waals surface area contributed by atoms with Gasteiger partial charge in [-0.15, -0.1) is 0 Å². The van der Waals surface area contributed by atoms with Crippen LogP contribution in [0.25, 0.3) is 0 Å². The number of halogens is 2. The van der Waals surface area contributed by atoms with E-state index in [-0.39, 0.29) is 6.04 Å². The Kier molecular flexibility index (Phi) is 5.24. The molecule has 0 unspecified atom stereocenters. The molecule has 0 atom stereocenters. The normalized spacial score (nSPS) is 17.3. The van der Waals surface area contributed by atoms with E-state index in [4.69, 9.17) is 4.98 Å². The highest BCUT2D eigenvalue weighted by Gasteiger charge is 2.27. The molecular formula is C21H24F2N4O. The molecule has 2 aromatic rings. The molecule has 1 aliphatic heterocycles.